The summed E-state index contributed by atoms with van der Waals surface area (Å²) in [5.74, 6) is -0.985. The van der Waals surface area contributed by atoms with Gasteiger partial charge in [-0.05, 0) is 37.8 Å². The summed E-state index contributed by atoms with van der Waals surface area (Å²) in [7, 11) is 0. The minimum atomic E-state index is -0.985. The smallest absolute Gasteiger partial charge is 0.320 e. The van der Waals surface area contributed by atoms with Gasteiger partial charge in [-0.25, -0.2) is 0 Å². The number of aliphatic carboxylic acids is 1. The van der Waals surface area contributed by atoms with Crippen molar-refractivity contribution in [1.82, 2.24) is 5.32 Å². The van der Waals surface area contributed by atoms with Crippen LogP contribution < -0.4 is 11.1 Å². The summed E-state index contributed by atoms with van der Waals surface area (Å²) in [6, 6.07) is -0.807. The number of carbonyl (C=O) groups is 1. The van der Waals surface area contributed by atoms with Crippen LogP contribution in [0.3, 0.4) is 0 Å². The van der Waals surface area contributed by atoms with Crippen LogP contribution in [0.15, 0.2) is 5.11 Å². The van der Waals surface area contributed by atoms with Crippen molar-refractivity contribution < 1.29 is 15.0 Å². The molecule has 0 spiro atoms. The number of rotatable bonds is 11. The number of unbranched alkanes of at least 4 members (excludes halogenated alkanes) is 1. The normalized spacial score (nSPS) is 13.7. The third-order valence-electron chi connectivity index (χ3n) is 2.44. The molecule has 1 unspecified atom stereocenters. The number of aliphatic hydroxyl groups is 1. The van der Waals surface area contributed by atoms with E-state index in [0.29, 0.717) is 38.8 Å². The number of nitrogens with zero attached hydrogens (tertiary/aromatic N) is 3. The van der Waals surface area contributed by atoms with Gasteiger partial charge in [-0.1, -0.05) is 11.5 Å². The maximum absolute atomic E-state index is 10.4. The van der Waals surface area contributed by atoms with Gasteiger partial charge in [0.05, 0.1) is 0 Å². The van der Waals surface area contributed by atoms with Crippen molar-refractivity contribution in [3.63, 3.8) is 0 Å². The van der Waals surface area contributed by atoms with E-state index in [0.717, 1.165) is 6.42 Å². The zero-order valence-electron chi connectivity index (χ0n) is 10.3. The highest BCUT2D eigenvalue weighted by Gasteiger charge is 2.10. The third-order valence-corrected chi connectivity index (χ3v) is 2.44. The maximum Gasteiger partial charge on any atom is 0.320 e. The second-order valence-electron chi connectivity index (χ2n) is 4.01. The zero-order chi connectivity index (χ0) is 13.8. The van der Waals surface area contributed by atoms with Crippen LogP contribution in [-0.2, 0) is 4.79 Å². The first-order chi connectivity index (χ1) is 8.57. The summed E-state index contributed by atoms with van der Waals surface area (Å²) in [5, 5.41) is 24.3. The van der Waals surface area contributed by atoms with E-state index >= 15 is 0 Å². The van der Waals surface area contributed by atoms with E-state index < -0.39 is 18.2 Å². The number of carboxylic acid groups (broad SMARTS) is 1. The molecule has 0 aliphatic rings. The van der Waals surface area contributed by atoms with Crippen LogP contribution in [0, 0.1) is 0 Å². The Balaban J connectivity index is 3.37. The lowest BCUT2D eigenvalue weighted by atomic mass is 10.1. The molecule has 0 saturated carbocycles. The summed E-state index contributed by atoms with van der Waals surface area (Å²) in [6.07, 6.45) is 2.42. The fraction of sp³-hybridized carbons (Fsp3) is 0.900. The number of azide groups is 1. The number of nitrogens with one attached hydrogen (secondary N) is 1. The first kappa shape index (κ1) is 16.7. The van der Waals surface area contributed by atoms with Gasteiger partial charge in [-0.3, -0.25) is 10.1 Å². The largest absolute Gasteiger partial charge is 0.480 e. The number of aliphatic hydroxyl groups excluding tert-OH is 1. The molecule has 8 nitrogen and oxygen atoms in total. The summed E-state index contributed by atoms with van der Waals surface area (Å²) in [6.45, 7) is 0.984. The van der Waals surface area contributed by atoms with Gasteiger partial charge in [0, 0.05) is 11.5 Å². The van der Waals surface area contributed by atoms with Gasteiger partial charge in [-0.15, -0.1) is 0 Å². The molecule has 0 amide bonds. The Morgan fingerprint density at radius 2 is 2.11 bits per heavy atom. The van der Waals surface area contributed by atoms with E-state index in [9.17, 15) is 9.90 Å². The Kier molecular flexibility index (Phi) is 9.99. The van der Waals surface area contributed by atoms with Gasteiger partial charge in [0.2, 0.25) is 0 Å². The minimum absolute atomic E-state index is 0.378. The zero-order valence-corrected chi connectivity index (χ0v) is 10.3. The summed E-state index contributed by atoms with van der Waals surface area (Å²) < 4.78 is 0. The third kappa shape index (κ3) is 9.86. The number of nitrogens with two attached hydrogens (primary N) is 1. The van der Waals surface area contributed by atoms with Crippen LogP contribution in [0.2, 0.25) is 0 Å². The van der Waals surface area contributed by atoms with E-state index in [-0.39, 0.29) is 0 Å². The molecular weight excluding hydrogens is 238 g/mol. The van der Waals surface area contributed by atoms with Crippen molar-refractivity contribution in [2.24, 2.45) is 10.8 Å². The Hall–Kier alpha value is -1.34. The van der Waals surface area contributed by atoms with E-state index in [2.05, 4.69) is 15.3 Å². The summed E-state index contributed by atoms with van der Waals surface area (Å²) in [4.78, 5) is 13.0. The first-order valence-corrected chi connectivity index (χ1v) is 5.98. The highest BCUT2D eigenvalue weighted by Crippen LogP contribution is 2.00. The van der Waals surface area contributed by atoms with E-state index in [1.54, 1.807) is 0 Å². The maximum atomic E-state index is 10.4. The van der Waals surface area contributed by atoms with Crippen molar-refractivity contribution in [2.45, 2.75) is 44.4 Å². The standard InChI is InChI=1S/C10H21N5O3/c11-8(10(17)18)4-1-2-6-13-9(16)5-3-7-14-15-12/h8-9,13,16H,1-7,11H2,(H,17,18)/t8-,9?/m0/s1. The van der Waals surface area contributed by atoms with Crippen molar-refractivity contribution >= 4 is 5.97 Å². The molecule has 104 valence electrons. The fourth-order valence-corrected chi connectivity index (χ4v) is 1.38. The van der Waals surface area contributed by atoms with Gasteiger partial charge >= 0.3 is 5.97 Å². The molecule has 0 aromatic carbocycles. The molecule has 8 heteroatoms. The topological polar surface area (TPSA) is 144 Å². The molecule has 0 aliphatic carbocycles. The van der Waals surface area contributed by atoms with Gasteiger partial charge in [-0.2, -0.15) is 0 Å². The lowest BCUT2D eigenvalue weighted by molar-refractivity contribution is -0.138. The molecule has 0 rings (SSSR count). The molecule has 0 radical (unpaired) electrons. The molecule has 0 aromatic rings. The quantitative estimate of drug-likeness (QED) is 0.141. The van der Waals surface area contributed by atoms with Crippen LogP contribution in [0.25, 0.3) is 10.4 Å². The monoisotopic (exact) mass is 259 g/mol. The minimum Gasteiger partial charge on any atom is -0.480 e. The molecule has 0 aromatic heterocycles. The summed E-state index contributed by atoms with van der Waals surface area (Å²) in [5.41, 5.74) is 13.4. The molecule has 5 N–H and O–H groups in total. The van der Waals surface area contributed by atoms with Gasteiger partial charge in [0.15, 0.2) is 0 Å². The average Bonchev–Trinajstić information content (AvgIpc) is 2.33. The Morgan fingerprint density at radius 1 is 1.39 bits per heavy atom. The van der Waals surface area contributed by atoms with Crippen LogP contribution in [0.1, 0.15) is 32.1 Å². The van der Waals surface area contributed by atoms with E-state index in [1.807, 2.05) is 0 Å². The molecular formula is C10H21N5O3. The molecule has 0 bridgehead atoms. The predicted molar refractivity (Wildman–Crippen MR) is 66.7 cm³/mol. The number of hydrogen-bond donors (Lipinski definition) is 4. The second-order valence-corrected chi connectivity index (χ2v) is 4.01. The van der Waals surface area contributed by atoms with Crippen molar-refractivity contribution in [1.29, 1.82) is 0 Å². The Labute approximate surface area is 106 Å². The number of carboxylic acids is 1. The second kappa shape index (κ2) is 10.8. The lowest BCUT2D eigenvalue weighted by Gasteiger charge is -2.12. The van der Waals surface area contributed by atoms with Gasteiger partial charge < -0.3 is 15.9 Å². The number of hydrogen-bond acceptors (Lipinski definition) is 5. The molecule has 18 heavy (non-hydrogen) atoms. The average molecular weight is 259 g/mol. The van der Waals surface area contributed by atoms with Crippen LogP contribution in [-0.4, -0.2) is 41.5 Å². The lowest BCUT2D eigenvalue weighted by Crippen LogP contribution is -2.31. The predicted octanol–water partition coefficient (Wildman–Crippen LogP) is 0.567. The Bertz CT molecular complexity index is 281. The van der Waals surface area contributed by atoms with E-state index in [1.165, 1.54) is 0 Å². The highest BCUT2D eigenvalue weighted by molar-refractivity contribution is 5.72. The summed E-state index contributed by atoms with van der Waals surface area (Å²) >= 11 is 0. The highest BCUT2D eigenvalue weighted by atomic mass is 16.4. The van der Waals surface area contributed by atoms with Gasteiger partial charge in [0.1, 0.15) is 12.3 Å². The molecule has 0 heterocycles. The molecule has 0 aliphatic heterocycles. The molecule has 2 atom stereocenters. The van der Waals surface area contributed by atoms with Crippen LogP contribution >= 0.6 is 0 Å². The van der Waals surface area contributed by atoms with Crippen molar-refractivity contribution in [3.8, 4) is 0 Å². The van der Waals surface area contributed by atoms with Crippen LogP contribution in [0.5, 0.6) is 0 Å². The fourth-order valence-electron chi connectivity index (χ4n) is 1.38. The SMILES string of the molecule is [N-]=[N+]=NCCCC(O)NCCCC[C@H](N)C(=O)O. The molecule has 0 fully saturated rings. The van der Waals surface area contributed by atoms with Gasteiger partial charge in [0.25, 0.3) is 0 Å². The van der Waals surface area contributed by atoms with Crippen LogP contribution in [0.4, 0.5) is 0 Å². The Morgan fingerprint density at radius 3 is 2.72 bits per heavy atom. The first-order valence-electron chi connectivity index (χ1n) is 5.98. The van der Waals surface area contributed by atoms with E-state index in [4.69, 9.17) is 16.4 Å². The van der Waals surface area contributed by atoms with Crippen molar-refractivity contribution in [3.05, 3.63) is 10.4 Å². The molecule has 0 saturated heterocycles. The van der Waals surface area contributed by atoms with Crippen molar-refractivity contribution in [2.75, 3.05) is 13.1 Å².